The van der Waals surface area contributed by atoms with Crippen LogP contribution in [0.25, 0.3) is 21.8 Å². The second kappa shape index (κ2) is 5.58. The summed E-state index contributed by atoms with van der Waals surface area (Å²) in [5, 5.41) is 12.3. The lowest BCUT2D eigenvalue weighted by Crippen LogP contribution is -2.13. The maximum absolute atomic E-state index is 12.4. The third-order valence-electron chi connectivity index (χ3n) is 4.06. The van der Waals surface area contributed by atoms with E-state index in [0.29, 0.717) is 0 Å². The maximum Gasteiger partial charge on any atom is 0.178 e. The monoisotopic (exact) mass is 307 g/mol. The lowest BCUT2D eigenvalue weighted by atomic mass is 9.93. The molecule has 118 valence electrons. The van der Waals surface area contributed by atoms with Crippen molar-refractivity contribution in [3.05, 3.63) is 60.4 Å². The molecule has 3 heteroatoms. The molecule has 0 atom stereocenters. The lowest BCUT2D eigenvalue weighted by molar-refractivity contribution is -0.115. The van der Waals surface area contributed by atoms with Gasteiger partial charge in [-0.3, -0.25) is 4.79 Å². The zero-order chi connectivity index (χ0) is 16.6. The average Bonchev–Trinajstić information content (AvgIpc) is 2.81. The average molecular weight is 307 g/mol. The van der Waals surface area contributed by atoms with Crippen LogP contribution in [0.3, 0.4) is 0 Å². The van der Waals surface area contributed by atoms with E-state index in [1.54, 1.807) is 0 Å². The summed E-state index contributed by atoms with van der Waals surface area (Å²) in [4.78, 5) is 12.4. The number of fused-ring (bicyclic) bond motifs is 3. The van der Waals surface area contributed by atoms with Crippen LogP contribution < -0.4 is 0 Å². The first-order chi connectivity index (χ1) is 10.9. The van der Waals surface area contributed by atoms with E-state index in [1.807, 2.05) is 61.7 Å². The number of aliphatic hydroxyl groups is 1. The van der Waals surface area contributed by atoms with Crippen LogP contribution in [0, 0.1) is 5.41 Å². The number of benzene rings is 2. The highest BCUT2D eigenvalue weighted by atomic mass is 16.3. The highest BCUT2D eigenvalue weighted by molar-refractivity contribution is 6.09. The molecule has 0 aliphatic carbocycles. The van der Waals surface area contributed by atoms with Gasteiger partial charge in [-0.15, -0.1) is 0 Å². The van der Waals surface area contributed by atoms with Crippen LogP contribution in [-0.4, -0.2) is 15.5 Å². The number of carbonyl (C=O) groups excluding carboxylic acids is 1. The van der Waals surface area contributed by atoms with Gasteiger partial charge in [0.05, 0.1) is 6.54 Å². The molecular weight excluding hydrogens is 286 g/mol. The van der Waals surface area contributed by atoms with Gasteiger partial charge in [0, 0.05) is 33.3 Å². The van der Waals surface area contributed by atoms with Crippen molar-refractivity contribution in [2.75, 3.05) is 0 Å². The van der Waals surface area contributed by atoms with Crippen molar-refractivity contribution in [3.63, 3.8) is 0 Å². The summed E-state index contributed by atoms with van der Waals surface area (Å²) in [6, 6.07) is 16.2. The molecule has 0 spiro atoms. The van der Waals surface area contributed by atoms with Crippen molar-refractivity contribution >= 4 is 27.6 Å². The Morgan fingerprint density at radius 3 is 1.96 bits per heavy atom. The number of carbonyl (C=O) groups is 1. The smallest absolute Gasteiger partial charge is 0.178 e. The van der Waals surface area contributed by atoms with Crippen LogP contribution in [0.1, 0.15) is 20.8 Å². The number of ketones is 1. The van der Waals surface area contributed by atoms with Gasteiger partial charge < -0.3 is 9.67 Å². The van der Waals surface area contributed by atoms with E-state index in [2.05, 4.69) is 12.1 Å². The Morgan fingerprint density at radius 2 is 1.48 bits per heavy atom. The minimum absolute atomic E-state index is 0.107. The molecule has 3 aromatic rings. The number of nitrogens with zero attached hydrogens (tertiary/aromatic N) is 1. The van der Waals surface area contributed by atoms with Gasteiger partial charge in [-0.2, -0.15) is 0 Å². The van der Waals surface area contributed by atoms with Crippen molar-refractivity contribution in [2.24, 2.45) is 5.41 Å². The SMILES string of the molecule is CC(C)(C)/C(O)=C/C(=O)Cn1c2ccccc2c2ccccc21. The van der Waals surface area contributed by atoms with E-state index in [9.17, 15) is 9.90 Å². The third kappa shape index (κ3) is 2.87. The maximum atomic E-state index is 12.4. The molecule has 0 aliphatic heterocycles. The van der Waals surface area contributed by atoms with Crippen molar-refractivity contribution in [3.8, 4) is 0 Å². The summed E-state index contributed by atoms with van der Waals surface area (Å²) in [5.74, 6) is 0.00667. The highest BCUT2D eigenvalue weighted by Crippen LogP contribution is 2.29. The molecule has 0 aliphatic rings. The quantitative estimate of drug-likeness (QED) is 0.555. The molecule has 0 fully saturated rings. The van der Waals surface area contributed by atoms with Gasteiger partial charge in [-0.05, 0) is 12.1 Å². The van der Waals surface area contributed by atoms with E-state index in [4.69, 9.17) is 0 Å². The first-order valence-corrected chi connectivity index (χ1v) is 7.78. The molecule has 3 nitrogen and oxygen atoms in total. The molecule has 3 rings (SSSR count). The number of aliphatic hydroxyl groups excluding tert-OH is 1. The van der Waals surface area contributed by atoms with E-state index in [-0.39, 0.29) is 18.1 Å². The van der Waals surface area contributed by atoms with Crippen LogP contribution >= 0.6 is 0 Å². The molecular formula is C20H21NO2. The summed E-state index contributed by atoms with van der Waals surface area (Å²) in [6.07, 6.45) is 1.35. The fraction of sp³-hybridized carbons (Fsp3) is 0.250. The van der Waals surface area contributed by atoms with Crippen molar-refractivity contribution in [2.45, 2.75) is 27.3 Å². The number of hydrogen-bond donors (Lipinski definition) is 1. The van der Waals surface area contributed by atoms with Gasteiger partial charge in [0.1, 0.15) is 5.76 Å². The predicted octanol–water partition coefficient (Wildman–Crippen LogP) is 4.85. The molecule has 1 heterocycles. The van der Waals surface area contributed by atoms with Crippen molar-refractivity contribution in [1.29, 1.82) is 0 Å². The van der Waals surface area contributed by atoms with E-state index >= 15 is 0 Å². The Bertz CT molecular complexity index is 857. The second-order valence-corrected chi connectivity index (χ2v) is 6.87. The number of para-hydroxylation sites is 2. The molecule has 1 aromatic heterocycles. The minimum Gasteiger partial charge on any atom is -0.512 e. The molecule has 0 unspecified atom stereocenters. The summed E-state index contributed by atoms with van der Waals surface area (Å²) in [6.45, 7) is 5.86. The number of hydrogen-bond acceptors (Lipinski definition) is 2. The largest absolute Gasteiger partial charge is 0.512 e. The predicted molar refractivity (Wildman–Crippen MR) is 94.6 cm³/mol. The molecule has 0 bridgehead atoms. The number of rotatable bonds is 3. The summed E-state index contributed by atoms with van der Waals surface area (Å²) in [7, 11) is 0. The fourth-order valence-electron chi connectivity index (χ4n) is 2.74. The van der Waals surface area contributed by atoms with E-state index < -0.39 is 5.41 Å². The Balaban J connectivity index is 2.07. The molecule has 23 heavy (non-hydrogen) atoms. The topological polar surface area (TPSA) is 42.2 Å². The molecule has 0 radical (unpaired) electrons. The Kier molecular flexibility index (Phi) is 3.72. The summed E-state index contributed by atoms with van der Waals surface area (Å²) >= 11 is 0. The normalized spacial score (nSPS) is 12.9. The summed E-state index contributed by atoms with van der Waals surface area (Å²) < 4.78 is 2.01. The van der Waals surface area contributed by atoms with Crippen molar-refractivity contribution < 1.29 is 9.90 Å². The van der Waals surface area contributed by atoms with Gasteiger partial charge in [0.2, 0.25) is 0 Å². The third-order valence-corrected chi connectivity index (χ3v) is 4.06. The Hall–Kier alpha value is -2.55. The van der Waals surface area contributed by atoms with E-state index in [1.165, 1.54) is 6.08 Å². The Morgan fingerprint density at radius 1 is 1.00 bits per heavy atom. The lowest BCUT2D eigenvalue weighted by Gasteiger charge is -2.17. The van der Waals surface area contributed by atoms with Crippen LogP contribution in [0.5, 0.6) is 0 Å². The Labute approximate surface area is 135 Å². The van der Waals surface area contributed by atoms with Crippen LogP contribution in [0.2, 0.25) is 0 Å². The van der Waals surface area contributed by atoms with E-state index in [0.717, 1.165) is 21.8 Å². The van der Waals surface area contributed by atoms with Crippen LogP contribution in [-0.2, 0) is 11.3 Å². The molecule has 1 N–H and O–H groups in total. The van der Waals surface area contributed by atoms with Gasteiger partial charge >= 0.3 is 0 Å². The van der Waals surface area contributed by atoms with Gasteiger partial charge in [0.25, 0.3) is 0 Å². The second-order valence-electron chi connectivity index (χ2n) is 6.87. The first kappa shape index (κ1) is 15.3. The van der Waals surface area contributed by atoms with Crippen molar-refractivity contribution in [1.82, 2.24) is 4.57 Å². The van der Waals surface area contributed by atoms with Crippen LogP contribution in [0.15, 0.2) is 60.4 Å². The zero-order valence-electron chi connectivity index (χ0n) is 13.7. The fourth-order valence-corrected chi connectivity index (χ4v) is 2.74. The van der Waals surface area contributed by atoms with Gasteiger partial charge in [0.15, 0.2) is 5.78 Å². The molecule has 0 saturated carbocycles. The number of aromatic nitrogens is 1. The standard InChI is InChI=1S/C20H21NO2/c1-20(2,3)19(23)12-14(22)13-21-17-10-6-4-8-15(17)16-9-5-7-11-18(16)21/h4-12,23H,13H2,1-3H3/b19-12-. The molecule has 2 aromatic carbocycles. The van der Waals surface area contributed by atoms with Crippen LogP contribution in [0.4, 0.5) is 0 Å². The number of allylic oxidation sites excluding steroid dienone is 2. The van der Waals surface area contributed by atoms with Gasteiger partial charge in [-0.1, -0.05) is 57.2 Å². The zero-order valence-corrected chi connectivity index (χ0v) is 13.7. The van der Waals surface area contributed by atoms with Gasteiger partial charge in [-0.25, -0.2) is 0 Å². The first-order valence-electron chi connectivity index (χ1n) is 7.78. The minimum atomic E-state index is -0.420. The molecule has 0 amide bonds. The summed E-state index contributed by atoms with van der Waals surface area (Å²) in [5.41, 5.74) is 1.65. The highest BCUT2D eigenvalue weighted by Gasteiger charge is 2.18. The molecule has 0 saturated heterocycles.